The number of hydrogen-bond acceptors (Lipinski definition) is 2. The maximum atomic E-state index is 12.0. The molecule has 0 heterocycles. The van der Waals surface area contributed by atoms with Gasteiger partial charge in [-0.05, 0) is 30.9 Å². The summed E-state index contributed by atoms with van der Waals surface area (Å²) in [6.07, 6.45) is 3.82. The fourth-order valence-corrected chi connectivity index (χ4v) is 1.88. The van der Waals surface area contributed by atoms with Crippen LogP contribution in [0.3, 0.4) is 0 Å². The molecule has 0 unspecified atom stereocenters. The van der Waals surface area contributed by atoms with E-state index in [0.717, 1.165) is 5.56 Å². The van der Waals surface area contributed by atoms with Crippen LogP contribution in [0.1, 0.15) is 51.2 Å². The topological polar surface area (TPSA) is 57.6 Å². The summed E-state index contributed by atoms with van der Waals surface area (Å²) in [5, 5.41) is 9.12. The van der Waals surface area contributed by atoms with Crippen molar-refractivity contribution in [2.24, 2.45) is 0 Å². The number of hydrogen-bond donors (Lipinski definition) is 1. The first-order valence-corrected chi connectivity index (χ1v) is 7.42. The molecule has 0 aromatic heterocycles. The molecule has 22 heavy (non-hydrogen) atoms. The number of carbonyl (C=O) groups excluding carboxylic acids is 1. The lowest BCUT2D eigenvalue weighted by atomic mass is 10.0. The number of carboxylic acids is 1. The molecule has 0 fully saturated rings. The summed E-state index contributed by atoms with van der Waals surface area (Å²) in [4.78, 5) is 24.4. The van der Waals surface area contributed by atoms with E-state index >= 15 is 0 Å². The van der Waals surface area contributed by atoms with Gasteiger partial charge in [-0.15, -0.1) is 0 Å². The van der Waals surface area contributed by atoms with Crippen molar-refractivity contribution in [3.8, 4) is 0 Å². The molecule has 1 aromatic rings. The minimum absolute atomic E-state index is 0.180. The summed E-state index contributed by atoms with van der Waals surface area (Å²) in [5.41, 5.74) is 1.10. The van der Waals surface area contributed by atoms with Crippen molar-refractivity contribution < 1.29 is 14.7 Å². The highest BCUT2D eigenvalue weighted by Gasteiger charge is 2.34. The normalized spacial score (nSPS) is 11.9. The van der Waals surface area contributed by atoms with Crippen LogP contribution in [0.5, 0.6) is 0 Å². The van der Waals surface area contributed by atoms with Crippen molar-refractivity contribution in [3.63, 3.8) is 0 Å². The van der Waals surface area contributed by atoms with Crippen LogP contribution in [0, 0.1) is 0 Å². The molecule has 0 aliphatic rings. The lowest BCUT2D eigenvalue weighted by molar-refractivity contribution is -0.155. The maximum absolute atomic E-state index is 12.0. The number of amides is 1. The van der Waals surface area contributed by atoms with Gasteiger partial charge in [0.1, 0.15) is 5.54 Å². The van der Waals surface area contributed by atoms with Crippen molar-refractivity contribution in [1.82, 2.24) is 4.90 Å². The van der Waals surface area contributed by atoms with Gasteiger partial charge < -0.3 is 10.0 Å². The van der Waals surface area contributed by atoms with Gasteiger partial charge in [0.2, 0.25) is 5.91 Å². The minimum Gasteiger partial charge on any atom is -0.480 e. The zero-order chi connectivity index (χ0) is 16.9. The van der Waals surface area contributed by atoms with Crippen LogP contribution in [-0.2, 0) is 9.59 Å². The van der Waals surface area contributed by atoms with Crippen molar-refractivity contribution in [3.05, 3.63) is 41.5 Å². The predicted molar refractivity (Wildman–Crippen MR) is 88.7 cm³/mol. The number of carbonyl (C=O) groups is 2. The number of rotatable bonds is 6. The zero-order valence-electron chi connectivity index (χ0n) is 14.0. The van der Waals surface area contributed by atoms with E-state index in [-0.39, 0.29) is 12.3 Å². The molecule has 0 saturated carbocycles. The maximum Gasteiger partial charge on any atom is 0.329 e. The van der Waals surface area contributed by atoms with Gasteiger partial charge in [-0.2, -0.15) is 0 Å². The molecule has 0 bridgehead atoms. The van der Waals surface area contributed by atoms with E-state index in [4.69, 9.17) is 5.11 Å². The van der Waals surface area contributed by atoms with E-state index in [9.17, 15) is 9.59 Å². The first kappa shape index (κ1) is 18.0. The molecule has 0 saturated heterocycles. The SMILES string of the molecule is CC(C)c1ccc(/C=C/CC(=O)N(C)C(C)(C)C(=O)O)cc1. The molecule has 1 rings (SSSR count). The fraction of sp³-hybridized carbons (Fsp3) is 0.444. The van der Waals surface area contributed by atoms with E-state index in [1.807, 2.05) is 18.2 Å². The van der Waals surface area contributed by atoms with E-state index < -0.39 is 11.5 Å². The predicted octanol–water partition coefficient (Wildman–Crippen LogP) is 3.53. The average Bonchev–Trinajstić information content (AvgIpc) is 2.46. The Morgan fingerprint density at radius 2 is 1.77 bits per heavy atom. The van der Waals surface area contributed by atoms with Gasteiger partial charge in [0.15, 0.2) is 0 Å². The van der Waals surface area contributed by atoms with Crippen LogP contribution in [-0.4, -0.2) is 34.5 Å². The van der Waals surface area contributed by atoms with E-state index in [0.29, 0.717) is 5.92 Å². The Labute approximate surface area is 132 Å². The Balaban J connectivity index is 2.65. The summed E-state index contributed by atoms with van der Waals surface area (Å²) in [7, 11) is 1.52. The molecule has 4 heteroatoms. The smallest absolute Gasteiger partial charge is 0.329 e. The first-order valence-electron chi connectivity index (χ1n) is 7.42. The number of carboxylic acid groups (broad SMARTS) is 1. The molecule has 0 spiro atoms. The molecule has 0 radical (unpaired) electrons. The summed E-state index contributed by atoms with van der Waals surface area (Å²) in [6.45, 7) is 7.32. The second kappa shape index (κ2) is 7.25. The van der Waals surface area contributed by atoms with Gasteiger partial charge in [0.05, 0.1) is 0 Å². The molecular weight excluding hydrogens is 278 g/mol. The molecule has 4 nitrogen and oxygen atoms in total. The molecular formula is C18H25NO3. The van der Waals surface area contributed by atoms with Gasteiger partial charge in [0.25, 0.3) is 0 Å². The van der Waals surface area contributed by atoms with Crippen LogP contribution in [0.4, 0.5) is 0 Å². The summed E-state index contributed by atoms with van der Waals surface area (Å²) >= 11 is 0. The number of nitrogens with zero attached hydrogens (tertiary/aromatic N) is 1. The second-order valence-electron chi connectivity index (χ2n) is 6.24. The third kappa shape index (κ3) is 4.45. The largest absolute Gasteiger partial charge is 0.480 e. The van der Waals surface area contributed by atoms with Crippen LogP contribution >= 0.6 is 0 Å². The molecule has 0 aliphatic carbocycles. The Hall–Kier alpha value is -2.10. The molecule has 1 amide bonds. The number of benzene rings is 1. The van der Waals surface area contributed by atoms with Gasteiger partial charge >= 0.3 is 5.97 Å². The number of aliphatic carboxylic acids is 1. The second-order valence-corrected chi connectivity index (χ2v) is 6.24. The fourth-order valence-electron chi connectivity index (χ4n) is 1.88. The Bertz CT molecular complexity index is 556. The van der Waals surface area contributed by atoms with E-state index in [2.05, 4.69) is 26.0 Å². The first-order chi connectivity index (χ1) is 10.2. The summed E-state index contributed by atoms with van der Waals surface area (Å²) < 4.78 is 0. The monoisotopic (exact) mass is 303 g/mol. The highest BCUT2D eigenvalue weighted by molar-refractivity contribution is 5.87. The zero-order valence-corrected chi connectivity index (χ0v) is 14.0. The van der Waals surface area contributed by atoms with Crippen LogP contribution in [0.25, 0.3) is 6.08 Å². The Morgan fingerprint density at radius 3 is 2.23 bits per heavy atom. The van der Waals surface area contributed by atoms with Gasteiger partial charge in [-0.3, -0.25) is 4.79 Å². The third-order valence-corrected chi connectivity index (χ3v) is 3.94. The van der Waals surface area contributed by atoms with E-state index in [1.165, 1.54) is 31.4 Å². The van der Waals surface area contributed by atoms with Gasteiger partial charge in [0, 0.05) is 13.5 Å². The quantitative estimate of drug-likeness (QED) is 0.874. The van der Waals surface area contributed by atoms with Crippen molar-refractivity contribution >= 4 is 18.0 Å². The summed E-state index contributed by atoms with van der Waals surface area (Å²) in [6, 6.07) is 8.18. The molecule has 0 aliphatic heterocycles. The van der Waals surface area contributed by atoms with Crippen LogP contribution in [0.15, 0.2) is 30.3 Å². The Morgan fingerprint density at radius 1 is 1.23 bits per heavy atom. The standard InChI is InChI=1S/C18H25NO3/c1-13(2)15-11-9-14(10-12-15)7-6-8-16(20)19(5)18(3,4)17(21)22/h6-7,9-13H,8H2,1-5H3,(H,21,22)/b7-6+. The molecule has 0 atom stereocenters. The van der Waals surface area contributed by atoms with Crippen molar-refractivity contribution in [2.75, 3.05) is 7.05 Å². The highest BCUT2D eigenvalue weighted by Crippen LogP contribution is 2.16. The Kier molecular flexibility index (Phi) is 5.92. The molecule has 1 aromatic carbocycles. The average molecular weight is 303 g/mol. The van der Waals surface area contributed by atoms with Crippen molar-refractivity contribution in [2.45, 2.75) is 45.6 Å². The lowest BCUT2D eigenvalue weighted by Crippen LogP contribution is -2.50. The van der Waals surface area contributed by atoms with Crippen LogP contribution in [0.2, 0.25) is 0 Å². The van der Waals surface area contributed by atoms with Crippen molar-refractivity contribution in [1.29, 1.82) is 0 Å². The summed E-state index contributed by atoms with van der Waals surface area (Å²) in [5.74, 6) is -0.745. The highest BCUT2D eigenvalue weighted by atomic mass is 16.4. The molecule has 1 N–H and O–H groups in total. The minimum atomic E-state index is -1.20. The lowest BCUT2D eigenvalue weighted by Gasteiger charge is -2.31. The third-order valence-electron chi connectivity index (χ3n) is 3.94. The van der Waals surface area contributed by atoms with E-state index in [1.54, 1.807) is 6.08 Å². The molecule has 120 valence electrons. The van der Waals surface area contributed by atoms with Crippen LogP contribution < -0.4 is 0 Å². The van der Waals surface area contributed by atoms with Gasteiger partial charge in [-0.25, -0.2) is 4.79 Å². The number of likely N-dealkylation sites (N-methyl/N-ethyl adjacent to an activating group) is 1. The van der Waals surface area contributed by atoms with Gasteiger partial charge in [-0.1, -0.05) is 50.3 Å².